The van der Waals surface area contributed by atoms with E-state index in [4.69, 9.17) is 0 Å². The van der Waals surface area contributed by atoms with Crippen molar-refractivity contribution in [2.45, 2.75) is 26.3 Å². The fraction of sp³-hybridized carbons (Fsp3) is 0.500. The van der Waals surface area contributed by atoms with E-state index in [1.807, 2.05) is 51.9 Å². The first-order chi connectivity index (χ1) is 8.27. The van der Waals surface area contributed by atoms with Gasteiger partial charge in [-0.2, -0.15) is 0 Å². The number of carbonyl (C=O) groups excluding carboxylic acids is 1. The number of anilines is 2. The first-order valence-corrected chi connectivity index (χ1v) is 6.06. The van der Waals surface area contributed by atoms with Crippen molar-refractivity contribution in [3.05, 3.63) is 23.8 Å². The monoisotopic (exact) mass is 249 g/mol. The summed E-state index contributed by atoms with van der Waals surface area (Å²) in [5.41, 5.74) is 2.46. The molecule has 0 fully saturated rings. The summed E-state index contributed by atoms with van der Waals surface area (Å²) in [4.78, 5) is 14.1. The van der Waals surface area contributed by atoms with Crippen molar-refractivity contribution in [1.82, 2.24) is 5.32 Å². The first-order valence-electron chi connectivity index (χ1n) is 6.06. The summed E-state index contributed by atoms with van der Waals surface area (Å²) >= 11 is 0. The highest BCUT2D eigenvalue weighted by Gasteiger charge is 2.25. The molecule has 0 spiro atoms. The first kappa shape index (κ1) is 14.5. The summed E-state index contributed by atoms with van der Waals surface area (Å²) in [7, 11) is 5.77. The number of nitrogens with one attached hydrogen (secondary N) is 2. The molecule has 4 nitrogen and oxygen atoms in total. The van der Waals surface area contributed by atoms with E-state index in [0.717, 1.165) is 16.9 Å². The van der Waals surface area contributed by atoms with Crippen molar-refractivity contribution in [2.24, 2.45) is 0 Å². The van der Waals surface area contributed by atoms with Gasteiger partial charge in [-0.15, -0.1) is 0 Å². The van der Waals surface area contributed by atoms with E-state index in [9.17, 15) is 4.79 Å². The van der Waals surface area contributed by atoms with Gasteiger partial charge >= 0.3 is 0 Å². The highest BCUT2D eigenvalue weighted by atomic mass is 16.2. The number of benzene rings is 1. The molecule has 4 heteroatoms. The van der Waals surface area contributed by atoms with Crippen LogP contribution in [0.5, 0.6) is 0 Å². The third-order valence-corrected chi connectivity index (χ3v) is 3.17. The molecule has 0 saturated carbocycles. The second kappa shape index (κ2) is 5.40. The second-order valence-electron chi connectivity index (χ2n) is 5.22. The third kappa shape index (κ3) is 3.23. The minimum absolute atomic E-state index is 0.0364. The average molecular weight is 249 g/mol. The molecule has 0 saturated heterocycles. The third-order valence-electron chi connectivity index (χ3n) is 3.17. The number of rotatable bonds is 4. The molecule has 1 rings (SSSR count). The Morgan fingerprint density at radius 3 is 2.33 bits per heavy atom. The van der Waals surface area contributed by atoms with Gasteiger partial charge < -0.3 is 15.5 Å². The van der Waals surface area contributed by atoms with Crippen LogP contribution in [0.15, 0.2) is 18.2 Å². The number of hydrogen-bond acceptors (Lipinski definition) is 3. The molecule has 1 aromatic carbocycles. The number of hydrogen-bond donors (Lipinski definition) is 2. The largest absolute Gasteiger partial charge is 0.378 e. The minimum Gasteiger partial charge on any atom is -0.378 e. The molecule has 0 unspecified atom stereocenters. The fourth-order valence-electron chi connectivity index (χ4n) is 1.46. The SMILES string of the molecule is CNC(C)(C)C(=O)Nc1ccc(N(C)C)cc1C. The molecule has 18 heavy (non-hydrogen) atoms. The quantitative estimate of drug-likeness (QED) is 0.858. The Bertz CT molecular complexity index is 439. The van der Waals surface area contributed by atoms with Crippen molar-refractivity contribution in [3.8, 4) is 0 Å². The van der Waals surface area contributed by atoms with Crippen LogP contribution in [0.25, 0.3) is 0 Å². The van der Waals surface area contributed by atoms with Crippen LogP contribution in [-0.4, -0.2) is 32.6 Å². The average Bonchev–Trinajstić information content (AvgIpc) is 2.31. The van der Waals surface area contributed by atoms with Crippen molar-refractivity contribution in [2.75, 3.05) is 31.4 Å². The molecule has 100 valence electrons. The summed E-state index contributed by atoms with van der Waals surface area (Å²) in [6, 6.07) is 5.99. The van der Waals surface area contributed by atoms with Crippen LogP contribution >= 0.6 is 0 Å². The zero-order valence-electron chi connectivity index (χ0n) is 12.1. The number of nitrogens with zero attached hydrogens (tertiary/aromatic N) is 1. The van der Waals surface area contributed by atoms with Gasteiger partial charge in [0.05, 0.1) is 5.54 Å². The maximum Gasteiger partial charge on any atom is 0.244 e. The van der Waals surface area contributed by atoms with Crippen LogP contribution in [0.3, 0.4) is 0 Å². The highest BCUT2D eigenvalue weighted by molar-refractivity contribution is 5.98. The minimum atomic E-state index is -0.577. The zero-order chi connectivity index (χ0) is 13.9. The van der Waals surface area contributed by atoms with E-state index in [1.54, 1.807) is 7.05 Å². The lowest BCUT2D eigenvalue weighted by atomic mass is 10.0. The summed E-state index contributed by atoms with van der Waals surface area (Å²) in [6.07, 6.45) is 0. The highest BCUT2D eigenvalue weighted by Crippen LogP contribution is 2.22. The van der Waals surface area contributed by atoms with Crippen LogP contribution in [0.4, 0.5) is 11.4 Å². The van der Waals surface area contributed by atoms with E-state index in [0.29, 0.717) is 0 Å². The maximum atomic E-state index is 12.1. The Balaban J connectivity index is 2.90. The van der Waals surface area contributed by atoms with Crippen molar-refractivity contribution in [1.29, 1.82) is 0 Å². The van der Waals surface area contributed by atoms with E-state index in [-0.39, 0.29) is 5.91 Å². The van der Waals surface area contributed by atoms with Gasteiger partial charge in [-0.05, 0) is 51.6 Å². The zero-order valence-corrected chi connectivity index (χ0v) is 12.1. The van der Waals surface area contributed by atoms with Crippen LogP contribution in [0, 0.1) is 6.92 Å². The summed E-state index contributed by atoms with van der Waals surface area (Å²) in [5.74, 6) is -0.0364. The number of aryl methyl sites for hydroxylation is 1. The molecular formula is C14H23N3O. The second-order valence-corrected chi connectivity index (χ2v) is 5.22. The molecular weight excluding hydrogens is 226 g/mol. The maximum absolute atomic E-state index is 12.1. The topological polar surface area (TPSA) is 44.4 Å². The molecule has 0 atom stereocenters. The standard InChI is InChI=1S/C14H23N3O/c1-10-9-11(17(5)6)7-8-12(10)16-13(18)14(2,3)15-4/h7-9,15H,1-6H3,(H,16,18). The van der Waals surface area contributed by atoms with Gasteiger partial charge in [-0.1, -0.05) is 0 Å². The predicted molar refractivity (Wildman–Crippen MR) is 77.3 cm³/mol. The smallest absolute Gasteiger partial charge is 0.244 e. The number of likely N-dealkylation sites (N-methyl/N-ethyl adjacent to an activating group) is 1. The van der Waals surface area contributed by atoms with Gasteiger partial charge in [0.25, 0.3) is 0 Å². The molecule has 0 bridgehead atoms. The summed E-state index contributed by atoms with van der Waals surface area (Å²) < 4.78 is 0. The predicted octanol–water partition coefficient (Wildman–Crippen LogP) is 2.00. The Morgan fingerprint density at radius 1 is 1.28 bits per heavy atom. The Morgan fingerprint density at radius 2 is 1.89 bits per heavy atom. The number of amides is 1. The Hall–Kier alpha value is -1.55. The number of carbonyl (C=O) groups is 1. The van der Waals surface area contributed by atoms with Crippen molar-refractivity contribution >= 4 is 17.3 Å². The molecule has 0 aliphatic rings. The van der Waals surface area contributed by atoms with Gasteiger partial charge in [0.2, 0.25) is 5.91 Å². The molecule has 1 amide bonds. The van der Waals surface area contributed by atoms with E-state index >= 15 is 0 Å². The summed E-state index contributed by atoms with van der Waals surface area (Å²) in [6.45, 7) is 5.70. The van der Waals surface area contributed by atoms with Crippen molar-refractivity contribution < 1.29 is 4.79 Å². The van der Waals surface area contributed by atoms with Gasteiger partial charge in [-0.3, -0.25) is 4.79 Å². The lowest BCUT2D eigenvalue weighted by Crippen LogP contribution is -2.48. The van der Waals surface area contributed by atoms with Crippen molar-refractivity contribution in [3.63, 3.8) is 0 Å². The molecule has 0 aliphatic heterocycles. The Kier molecular flexibility index (Phi) is 4.35. The van der Waals surface area contributed by atoms with Crippen LogP contribution < -0.4 is 15.5 Å². The van der Waals surface area contributed by atoms with E-state index in [1.165, 1.54) is 0 Å². The molecule has 0 radical (unpaired) electrons. The van der Waals surface area contributed by atoms with Crippen LogP contribution in [0.1, 0.15) is 19.4 Å². The van der Waals surface area contributed by atoms with Crippen LogP contribution in [0.2, 0.25) is 0 Å². The normalized spacial score (nSPS) is 11.2. The molecule has 0 aromatic heterocycles. The van der Waals surface area contributed by atoms with E-state index in [2.05, 4.69) is 16.7 Å². The lowest BCUT2D eigenvalue weighted by Gasteiger charge is -2.23. The van der Waals surface area contributed by atoms with Gasteiger partial charge in [0.1, 0.15) is 0 Å². The van der Waals surface area contributed by atoms with Gasteiger partial charge in [0, 0.05) is 25.5 Å². The lowest BCUT2D eigenvalue weighted by molar-refractivity contribution is -0.121. The molecule has 0 aliphatic carbocycles. The Labute approximate surface area is 109 Å². The van der Waals surface area contributed by atoms with Crippen LogP contribution in [-0.2, 0) is 4.79 Å². The van der Waals surface area contributed by atoms with Gasteiger partial charge in [0.15, 0.2) is 0 Å². The molecule has 2 N–H and O–H groups in total. The summed E-state index contributed by atoms with van der Waals surface area (Å²) in [5, 5.41) is 5.94. The molecule has 0 heterocycles. The van der Waals surface area contributed by atoms with E-state index < -0.39 is 5.54 Å². The fourth-order valence-corrected chi connectivity index (χ4v) is 1.46. The molecule has 1 aromatic rings. The van der Waals surface area contributed by atoms with Gasteiger partial charge in [-0.25, -0.2) is 0 Å².